The molecule has 0 fully saturated rings. The second-order valence-electron chi connectivity index (χ2n) is 4.61. The molecule has 0 aliphatic heterocycles. The van der Waals surface area contributed by atoms with Gasteiger partial charge in [0.1, 0.15) is 4.99 Å². The minimum absolute atomic E-state index is 0.105. The van der Waals surface area contributed by atoms with E-state index in [9.17, 15) is 4.79 Å². The van der Waals surface area contributed by atoms with Gasteiger partial charge in [0, 0.05) is 20.7 Å². The Kier molecular flexibility index (Phi) is 3.75. The molecule has 2 heterocycles. The van der Waals surface area contributed by atoms with Crippen molar-refractivity contribution in [2.45, 2.75) is 6.92 Å². The van der Waals surface area contributed by atoms with Crippen molar-refractivity contribution in [2.24, 2.45) is 5.73 Å². The summed E-state index contributed by atoms with van der Waals surface area (Å²) in [5, 5.41) is 4.96. The molecule has 6 heteroatoms. The van der Waals surface area contributed by atoms with Gasteiger partial charge in [0.15, 0.2) is 0 Å². The Bertz CT molecular complexity index is 819. The molecule has 0 spiro atoms. The number of amides is 1. The van der Waals surface area contributed by atoms with E-state index < -0.39 is 0 Å². The highest BCUT2D eigenvalue weighted by atomic mass is 32.1. The number of hydrogen-bond donors (Lipinski definition) is 2. The first-order valence-electron chi connectivity index (χ1n) is 6.23. The Morgan fingerprint density at radius 3 is 2.76 bits per heavy atom. The number of fused-ring (bicyclic) bond motifs is 1. The molecular formula is C15H12N2OS3. The number of thiocarbonyl (C=S) groups is 1. The van der Waals surface area contributed by atoms with Crippen LogP contribution in [-0.2, 0) is 0 Å². The number of carbonyl (C=O) groups excluding carboxylic acids is 1. The molecule has 1 amide bonds. The molecule has 0 atom stereocenters. The van der Waals surface area contributed by atoms with E-state index in [1.54, 1.807) is 11.3 Å². The number of carbonyl (C=O) groups is 1. The summed E-state index contributed by atoms with van der Waals surface area (Å²) in [5.41, 5.74) is 8.09. The number of rotatable bonds is 3. The van der Waals surface area contributed by atoms with Crippen LogP contribution in [0.2, 0.25) is 0 Å². The molecule has 3 aromatic rings. The molecule has 3 nitrogen and oxygen atoms in total. The van der Waals surface area contributed by atoms with Gasteiger partial charge < -0.3 is 11.1 Å². The number of aryl methyl sites for hydroxylation is 1. The van der Waals surface area contributed by atoms with E-state index in [1.165, 1.54) is 11.3 Å². The van der Waals surface area contributed by atoms with Gasteiger partial charge in [-0.05, 0) is 36.1 Å². The molecule has 0 aliphatic carbocycles. The molecular weight excluding hydrogens is 320 g/mol. The van der Waals surface area contributed by atoms with Gasteiger partial charge in [0.05, 0.1) is 4.88 Å². The predicted molar refractivity (Wildman–Crippen MR) is 94.7 cm³/mol. The van der Waals surface area contributed by atoms with Crippen LogP contribution in [0.3, 0.4) is 0 Å². The van der Waals surface area contributed by atoms with Crippen LogP contribution in [0.1, 0.15) is 20.8 Å². The van der Waals surface area contributed by atoms with E-state index in [2.05, 4.69) is 5.32 Å². The Hall–Kier alpha value is -1.76. The third-order valence-electron chi connectivity index (χ3n) is 3.13. The maximum absolute atomic E-state index is 12.4. The normalized spacial score (nSPS) is 10.7. The third kappa shape index (κ3) is 2.83. The predicted octanol–water partition coefficient (Wildman–Crippen LogP) is 4.16. The van der Waals surface area contributed by atoms with Crippen LogP contribution in [0.25, 0.3) is 9.40 Å². The fraction of sp³-hybridized carbons (Fsp3) is 0.0667. The van der Waals surface area contributed by atoms with Gasteiger partial charge in [-0.25, -0.2) is 0 Å². The molecule has 2 aromatic heterocycles. The molecule has 3 rings (SSSR count). The monoisotopic (exact) mass is 332 g/mol. The van der Waals surface area contributed by atoms with Crippen LogP contribution in [-0.4, -0.2) is 10.9 Å². The zero-order valence-corrected chi connectivity index (χ0v) is 13.6. The quantitative estimate of drug-likeness (QED) is 0.708. The van der Waals surface area contributed by atoms with Crippen molar-refractivity contribution in [1.29, 1.82) is 0 Å². The van der Waals surface area contributed by atoms with Crippen molar-refractivity contribution < 1.29 is 4.79 Å². The summed E-state index contributed by atoms with van der Waals surface area (Å²) in [5.74, 6) is -0.105. The molecule has 0 saturated heterocycles. The highest BCUT2D eigenvalue weighted by molar-refractivity contribution is 7.80. The average Bonchev–Trinajstić information content (AvgIpc) is 3.01. The van der Waals surface area contributed by atoms with E-state index >= 15 is 0 Å². The summed E-state index contributed by atoms with van der Waals surface area (Å²) in [4.78, 5) is 13.4. The van der Waals surface area contributed by atoms with Crippen LogP contribution in [0, 0.1) is 6.92 Å². The van der Waals surface area contributed by atoms with E-state index in [0.29, 0.717) is 9.87 Å². The minimum atomic E-state index is -0.105. The summed E-state index contributed by atoms with van der Waals surface area (Å²) < 4.78 is 2.28. The number of thiophene rings is 2. The first-order valence-corrected chi connectivity index (χ1v) is 8.34. The highest BCUT2D eigenvalue weighted by Gasteiger charge is 2.13. The topological polar surface area (TPSA) is 55.1 Å². The first kappa shape index (κ1) is 14.2. The van der Waals surface area contributed by atoms with Crippen molar-refractivity contribution in [3.8, 4) is 0 Å². The Balaban J connectivity index is 1.88. The summed E-state index contributed by atoms with van der Waals surface area (Å²) in [7, 11) is 0. The lowest BCUT2D eigenvalue weighted by molar-refractivity contribution is 0.103. The number of anilines is 1. The van der Waals surface area contributed by atoms with Gasteiger partial charge in [-0.15, -0.1) is 22.7 Å². The number of nitrogens with two attached hydrogens (primary N) is 1. The number of hydrogen-bond acceptors (Lipinski definition) is 4. The standard InChI is InChI=1S/C15H12N2OS3/c1-8-2-3-9(14(16)19)6-10(8)17-15(18)13-7-12-11(21-13)4-5-20-12/h2-7H,1H3,(H2,16,19)(H,17,18). The molecule has 0 saturated carbocycles. The van der Waals surface area contributed by atoms with E-state index in [1.807, 2.05) is 42.6 Å². The van der Waals surface area contributed by atoms with Gasteiger partial charge in [0.25, 0.3) is 5.91 Å². The molecule has 0 unspecified atom stereocenters. The summed E-state index contributed by atoms with van der Waals surface area (Å²) >= 11 is 8.11. The zero-order valence-electron chi connectivity index (χ0n) is 11.2. The lowest BCUT2D eigenvalue weighted by Gasteiger charge is -2.09. The lowest BCUT2D eigenvalue weighted by Crippen LogP contribution is -2.14. The van der Waals surface area contributed by atoms with Crippen LogP contribution in [0.15, 0.2) is 35.7 Å². The fourth-order valence-electron chi connectivity index (χ4n) is 1.97. The average molecular weight is 332 g/mol. The minimum Gasteiger partial charge on any atom is -0.389 e. The Morgan fingerprint density at radius 1 is 1.24 bits per heavy atom. The van der Waals surface area contributed by atoms with Crippen LogP contribution >= 0.6 is 34.9 Å². The molecule has 21 heavy (non-hydrogen) atoms. The van der Waals surface area contributed by atoms with Gasteiger partial charge in [-0.2, -0.15) is 0 Å². The number of benzene rings is 1. The molecule has 3 N–H and O–H groups in total. The number of nitrogens with one attached hydrogen (secondary N) is 1. The van der Waals surface area contributed by atoms with Crippen LogP contribution in [0.4, 0.5) is 5.69 Å². The second-order valence-corrected chi connectivity index (χ2v) is 7.08. The molecule has 1 aromatic carbocycles. The molecule has 106 valence electrons. The lowest BCUT2D eigenvalue weighted by atomic mass is 10.1. The fourth-order valence-corrected chi connectivity index (χ4v) is 4.10. The molecule has 0 aliphatic rings. The van der Waals surface area contributed by atoms with Gasteiger partial charge in [-0.1, -0.05) is 24.4 Å². The van der Waals surface area contributed by atoms with Crippen LogP contribution < -0.4 is 11.1 Å². The van der Waals surface area contributed by atoms with Crippen molar-refractivity contribution in [2.75, 3.05) is 5.32 Å². The van der Waals surface area contributed by atoms with Gasteiger partial charge in [-0.3, -0.25) is 4.79 Å². The summed E-state index contributed by atoms with van der Waals surface area (Å²) in [6.45, 7) is 1.94. The maximum Gasteiger partial charge on any atom is 0.265 e. The third-order valence-corrected chi connectivity index (χ3v) is 5.46. The summed E-state index contributed by atoms with van der Waals surface area (Å²) in [6, 6.07) is 9.52. The maximum atomic E-state index is 12.4. The van der Waals surface area contributed by atoms with Crippen molar-refractivity contribution in [1.82, 2.24) is 0 Å². The van der Waals surface area contributed by atoms with E-state index in [0.717, 1.165) is 26.2 Å². The van der Waals surface area contributed by atoms with Crippen molar-refractivity contribution in [3.05, 3.63) is 51.7 Å². The van der Waals surface area contributed by atoms with Gasteiger partial charge in [0.2, 0.25) is 0 Å². The van der Waals surface area contributed by atoms with Crippen molar-refractivity contribution >= 4 is 60.9 Å². The smallest absolute Gasteiger partial charge is 0.265 e. The SMILES string of the molecule is Cc1ccc(C(N)=S)cc1NC(=O)c1cc2sccc2s1. The van der Waals surface area contributed by atoms with Gasteiger partial charge >= 0.3 is 0 Å². The highest BCUT2D eigenvalue weighted by Crippen LogP contribution is 2.30. The van der Waals surface area contributed by atoms with E-state index in [-0.39, 0.29) is 5.91 Å². The molecule has 0 radical (unpaired) electrons. The Morgan fingerprint density at radius 2 is 2.05 bits per heavy atom. The summed E-state index contributed by atoms with van der Waals surface area (Å²) in [6.07, 6.45) is 0. The molecule has 0 bridgehead atoms. The Labute approximate surface area is 135 Å². The van der Waals surface area contributed by atoms with Crippen LogP contribution in [0.5, 0.6) is 0 Å². The zero-order chi connectivity index (χ0) is 15.0. The largest absolute Gasteiger partial charge is 0.389 e. The second kappa shape index (κ2) is 5.55. The first-order chi connectivity index (χ1) is 10.0. The van der Waals surface area contributed by atoms with E-state index in [4.69, 9.17) is 18.0 Å². The van der Waals surface area contributed by atoms with Crippen molar-refractivity contribution in [3.63, 3.8) is 0 Å².